The topological polar surface area (TPSA) is 79.7 Å². The molecule has 0 fully saturated rings. The van der Waals surface area contributed by atoms with Gasteiger partial charge in [0.15, 0.2) is 24.2 Å². The average Bonchev–Trinajstić information content (AvgIpc) is 3.19. The number of nitrogens with zero attached hydrogens (tertiary/aromatic N) is 2. The van der Waals surface area contributed by atoms with Crippen molar-refractivity contribution in [1.29, 1.82) is 0 Å². The molecule has 1 atom stereocenters. The Morgan fingerprint density at radius 1 is 1.05 bits per heavy atom. The molecule has 1 aliphatic heterocycles. The minimum absolute atomic E-state index is 0.184. The number of ketones is 1. The number of carbonyl (C=O) groups is 2. The Kier molecular flexibility index (Phi) is 6.70. The number of ether oxygens (including phenoxy) is 3. The van der Waals surface area contributed by atoms with Gasteiger partial charge in [-0.15, -0.1) is 0 Å². The van der Waals surface area contributed by atoms with Gasteiger partial charge >= 0.3 is 5.97 Å². The lowest BCUT2D eigenvalue weighted by Gasteiger charge is -2.27. The summed E-state index contributed by atoms with van der Waals surface area (Å²) in [5.41, 5.74) is 5.11. The maximum atomic E-state index is 13.2. The number of aromatic nitrogens is 2. The first-order chi connectivity index (χ1) is 17.9. The van der Waals surface area contributed by atoms with Crippen molar-refractivity contribution in [3.63, 3.8) is 0 Å². The molecule has 0 radical (unpaired) electrons. The zero-order chi connectivity index (χ0) is 26.1. The number of aryl methyl sites for hydroxylation is 2. The average molecular weight is 499 g/mol. The molecule has 7 nitrogen and oxygen atoms in total. The van der Waals surface area contributed by atoms with Crippen LogP contribution in [0, 0.1) is 20.8 Å². The van der Waals surface area contributed by atoms with Gasteiger partial charge in [0.1, 0.15) is 6.61 Å². The van der Waals surface area contributed by atoms with Gasteiger partial charge in [-0.05, 0) is 57.0 Å². The van der Waals surface area contributed by atoms with E-state index in [1.165, 1.54) is 0 Å². The van der Waals surface area contributed by atoms with Crippen molar-refractivity contribution in [1.82, 2.24) is 9.55 Å². The number of benzene rings is 2. The predicted molar refractivity (Wildman–Crippen MR) is 141 cm³/mol. The second-order valence-electron chi connectivity index (χ2n) is 9.32. The summed E-state index contributed by atoms with van der Waals surface area (Å²) < 4.78 is 19.5. The zero-order valence-corrected chi connectivity index (χ0v) is 21.5. The summed E-state index contributed by atoms with van der Waals surface area (Å²) in [6, 6.07) is 16.9. The van der Waals surface area contributed by atoms with Crippen molar-refractivity contribution >= 4 is 22.7 Å². The van der Waals surface area contributed by atoms with E-state index >= 15 is 0 Å². The van der Waals surface area contributed by atoms with Crippen LogP contribution in [0.25, 0.3) is 10.9 Å². The summed E-state index contributed by atoms with van der Waals surface area (Å²) in [7, 11) is 0. The Labute approximate surface area is 216 Å². The minimum atomic E-state index is -0.514. The second-order valence-corrected chi connectivity index (χ2v) is 9.32. The number of hydrogen-bond acceptors (Lipinski definition) is 6. The number of esters is 1. The normalized spacial score (nSPS) is 14.5. The molecule has 2 aromatic carbocycles. The van der Waals surface area contributed by atoms with Crippen LogP contribution in [0.3, 0.4) is 0 Å². The van der Waals surface area contributed by atoms with Crippen molar-refractivity contribution in [3.05, 3.63) is 88.4 Å². The first kappa shape index (κ1) is 24.6. The molecule has 190 valence electrons. The van der Waals surface area contributed by atoms with Crippen molar-refractivity contribution in [2.45, 2.75) is 46.8 Å². The maximum absolute atomic E-state index is 13.2. The van der Waals surface area contributed by atoms with Gasteiger partial charge in [0.25, 0.3) is 0 Å². The summed E-state index contributed by atoms with van der Waals surface area (Å²) in [5, 5.41) is 0.726. The fraction of sp³-hybridized carbons (Fsp3) is 0.300. The number of carbonyl (C=O) groups excluding carboxylic acids is 2. The van der Waals surface area contributed by atoms with E-state index in [4.69, 9.17) is 14.2 Å². The van der Waals surface area contributed by atoms with Crippen LogP contribution in [-0.4, -0.2) is 40.6 Å². The zero-order valence-electron chi connectivity index (χ0n) is 21.5. The Bertz CT molecular complexity index is 1500. The van der Waals surface area contributed by atoms with Crippen molar-refractivity contribution in [2.75, 3.05) is 13.2 Å². The lowest BCUT2D eigenvalue weighted by atomic mass is 10.0. The first-order valence-corrected chi connectivity index (χ1v) is 12.5. The smallest absolute Gasteiger partial charge is 0.339 e. The Morgan fingerprint density at radius 2 is 1.78 bits per heavy atom. The molecule has 0 spiro atoms. The van der Waals surface area contributed by atoms with Crippen LogP contribution in [0.5, 0.6) is 11.5 Å². The molecule has 7 heteroatoms. The molecular weight excluding hydrogens is 468 g/mol. The summed E-state index contributed by atoms with van der Waals surface area (Å²) in [4.78, 5) is 31.0. The van der Waals surface area contributed by atoms with Gasteiger partial charge in [-0.1, -0.05) is 37.3 Å². The number of hydrogen-bond donors (Lipinski definition) is 0. The number of para-hydroxylation sites is 3. The Balaban J connectivity index is 1.31. The van der Waals surface area contributed by atoms with Gasteiger partial charge in [0, 0.05) is 28.0 Å². The second kappa shape index (κ2) is 10.1. The van der Waals surface area contributed by atoms with Crippen molar-refractivity contribution < 1.29 is 23.8 Å². The summed E-state index contributed by atoms with van der Waals surface area (Å²) in [6.45, 7) is 8.35. The van der Waals surface area contributed by atoms with Crippen LogP contribution in [0.4, 0.5) is 0 Å². The minimum Gasteiger partial charge on any atom is -0.486 e. The lowest BCUT2D eigenvalue weighted by molar-refractivity contribution is 0.0475. The van der Waals surface area contributed by atoms with E-state index in [0.29, 0.717) is 30.7 Å². The van der Waals surface area contributed by atoms with E-state index in [-0.39, 0.29) is 18.5 Å². The highest BCUT2D eigenvalue weighted by Crippen LogP contribution is 2.32. The maximum Gasteiger partial charge on any atom is 0.339 e. The van der Waals surface area contributed by atoms with Gasteiger partial charge in [-0.3, -0.25) is 9.78 Å². The van der Waals surface area contributed by atoms with E-state index in [1.807, 2.05) is 86.9 Å². The highest BCUT2D eigenvalue weighted by Gasteiger charge is 2.25. The van der Waals surface area contributed by atoms with Gasteiger partial charge in [0.2, 0.25) is 5.78 Å². The molecule has 0 amide bonds. The molecule has 3 heterocycles. The molecule has 2 aromatic heterocycles. The number of fused-ring (bicyclic) bond motifs is 2. The fourth-order valence-electron chi connectivity index (χ4n) is 4.97. The predicted octanol–water partition coefficient (Wildman–Crippen LogP) is 5.40. The number of Topliss-reactive ketones (excluding diaryl/α,β-unsaturated/α-hetero) is 1. The monoisotopic (exact) mass is 498 g/mol. The molecular formula is C30H30N2O5. The van der Waals surface area contributed by atoms with E-state index in [9.17, 15) is 9.59 Å². The summed E-state index contributed by atoms with van der Waals surface area (Å²) >= 11 is 0. The molecule has 0 N–H and O–H groups in total. The van der Waals surface area contributed by atoms with Gasteiger partial charge in [-0.25, -0.2) is 4.79 Å². The molecule has 1 aliphatic rings. The summed E-state index contributed by atoms with van der Waals surface area (Å²) in [6.07, 6.45) is 0.514. The Hall–Kier alpha value is -4.13. The molecule has 0 unspecified atom stereocenters. The standard InChI is InChI=1S/C30H30N2O5/c1-5-24-19(3)29(22-10-6-7-11-25(22)31-24)30(34)36-17-26(33)23-14-18(2)32(20(23)4)15-21-16-35-27-12-8-9-13-28(27)37-21/h6-14,21H,5,15-17H2,1-4H3/t21-/m1/s1. The molecule has 0 saturated carbocycles. The van der Waals surface area contributed by atoms with E-state index in [2.05, 4.69) is 4.98 Å². The SMILES string of the molecule is CCc1nc2ccccc2c(C(=O)OCC(=O)c2cc(C)n(C[C@@H]3COc4ccccc4O3)c2C)c1C. The van der Waals surface area contributed by atoms with Crippen molar-refractivity contribution in [2.24, 2.45) is 0 Å². The third-order valence-corrected chi connectivity index (χ3v) is 6.94. The van der Waals surface area contributed by atoms with Gasteiger partial charge in [-0.2, -0.15) is 0 Å². The summed E-state index contributed by atoms with van der Waals surface area (Å²) in [5.74, 6) is 0.695. The van der Waals surface area contributed by atoms with E-state index < -0.39 is 5.97 Å². The fourth-order valence-corrected chi connectivity index (χ4v) is 4.97. The molecule has 4 aromatic rings. The highest BCUT2D eigenvalue weighted by atomic mass is 16.6. The molecule has 5 rings (SSSR count). The first-order valence-electron chi connectivity index (χ1n) is 12.5. The van der Waals surface area contributed by atoms with Crippen molar-refractivity contribution in [3.8, 4) is 11.5 Å². The molecule has 0 bridgehead atoms. The van der Waals surface area contributed by atoms with Crippen LogP contribution in [0.2, 0.25) is 0 Å². The van der Waals surface area contributed by atoms with Crippen LogP contribution < -0.4 is 9.47 Å². The molecule has 0 aliphatic carbocycles. The number of rotatable bonds is 7. The third kappa shape index (κ3) is 4.69. The van der Waals surface area contributed by atoms with Crippen LogP contribution in [0.1, 0.15) is 50.3 Å². The van der Waals surface area contributed by atoms with Gasteiger partial charge < -0.3 is 18.8 Å². The third-order valence-electron chi connectivity index (χ3n) is 6.94. The van der Waals surface area contributed by atoms with E-state index in [1.54, 1.807) is 0 Å². The quantitative estimate of drug-likeness (QED) is 0.251. The molecule has 0 saturated heterocycles. The van der Waals surface area contributed by atoms with Gasteiger partial charge in [0.05, 0.1) is 17.6 Å². The highest BCUT2D eigenvalue weighted by molar-refractivity contribution is 6.06. The number of pyridine rings is 1. The largest absolute Gasteiger partial charge is 0.486 e. The van der Waals surface area contributed by atoms with Crippen LogP contribution in [0.15, 0.2) is 54.6 Å². The van der Waals surface area contributed by atoms with Crippen LogP contribution >= 0.6 is 0 Å². The lowest BCUT2D eigenvalue weighted by Crippen LogP contribution is -2.33. The van der Waals surface area contributed by atoms with Crippen LogP contribution in [-0.2, 0) is 17.7 Å². The Morgan fingerprint density at radius 3 is 2.57 bits per heavy atom. The van der Waals surface area contributed by atoms with E-state index in [0.717, 1.165) is 45.0 Å². The molecule has 37 heavy (non-hydrogen) atoms.